The molecule has 3 rings (SSSR count). The van der Waals surface area contributed by atoms with Gasteiger partial charge in [-0.25, -0.2) is 8.42 Å². The number of nitrogens with zero attached hydrogens (tertiary/aromatic N) is 1. The molecule has 1 N–H and O–H groups in total. The Morgan fingerprint density at radius 1 is 1.00 bits per heavy atom. The first-order valence-corrected chi connectivity index (χ1v) is 11.8. The van der Waals surface area contributed by atoms with Crippen LogP contribution in [0.3, 0.4) is 0 Å². The van der Waals surface area contributed by atoms with Crippen LogP contribution in [0.5, 0.6) is 0 Å². The summed E-state index contributed by atoms with van der Waals surface area (Å²) in [4.78, 5) is 13.0. The third-order valence-electron chi connectivity index (χ3n) is 5.41. The molecule has 2 aliphatic rings. The van der Waals surface area contributed by atoms with E-state index >= 15 is 0 Å². The number of carbonyl (C=O) groups excluding carboxylic acids is 1. The van der Waals surface area contributed by atoms with Crippen molar-refractivity contribution in [3.8, 4) is 0 Å². The van der Waals surface area contributed by atoms with Gasteiger partial charge in [-0.05, 0) is 49.9 Å². The Morgan fingerprint density at radius 3 is 2.31 bits per heavy atom. The van der Waals surface area contributed by atoms with E-state index in [1.807, 2.05) is 0 Å². The van der Waals surface area contributed by atoms with Gasteiger partial charge in [-0.1, -0.05) is 41.6 Å². The van der Waals surface area contributed by atoms with E-state index in [0.29, 0.717) is 6.54 Å². The average Bonchev–Trinajstić information content (AvgIpc) is 2.91. The van der Waals surface area contributed by atoms with Crippen LogP contribution in [0.1, 0.15) is 51.4 Å². The lowest BCUT2D eigenvalue weighted by Crippen LogP contribution is -2.47. The van der Waals surface area contributed by atoms with E-state index in [1.165, 1.54) is 30.0 Å². The van der Waals surface area contributed by atoms with Crippen molar-refractivity contribution >= 4 is 31.9 Å². The number of hydrogen-bond donors (Lipinski definition) is 1. The first-order chi connectivity index (χ1) is 12.5. The molecule has 1 saturated carbocycles. The maximum Gasteiger partial charge on any atom is 0.243 e. The van der Waals surface area contributed by atoms with Gasteiger partial charge in [-0.3, -0.25) is 4.79 Å². The van der Waals surface area contributed by atoms with Gasteiger partial charge in [-0.2, -0.15) is 4.31 Å². The maximum absolute atomic E-state index is 12.9. The second-order valence-electron chi connectivity index (χ2n) is 7.35. The van der Waals surface area contributed by atoms with Gasteiger partial charge in [-0.15, -0.1) is 0 Å². The Morgan fingerprint density at radius 2 is 1.65 bits per heavy atom. The van der Waals surface area contributed by atoms with Crippen molar-refractivity contribution in [2.75, 3.05) is 13.1 Å². The zero-order chi connectivity index (χ0) is 18.6. The third kappa shape index (κ3) is 4.87. The van der Waals surface area contributed by atoms with Gasteiger partial charge in [0.05, 0.1) is 10.8 Å². The Kier molecular flexibility index (Phi) is 6.75. The van der Waals surface area contributed by atoms with Crippen LogP contribution in [0, 0.1) is 5.92 Å². The quantitative estimate of drug-likeness (QED) is 0.722. The summed E-state index contributed by atoms with van der Waals surface area (Å²) in [5.74, 6) is -0.232. The predicted molar refractivity (Wildman–Crippen MR) is 105 cm³/mol. The number of hydrogen-bond acceptors (Lipinski definition) is 3. The molecule has 1 amide bonds. The summed E-state index contributed by atoms with van der Waals surface area (Å²) in [7, 11) is -3.55. The molecule has 0 radical (unpaired) electrons. The predicted octanol–water partition coefficient (Wildman–Crippen LogP) is 3.69. The van der Waals surface area contributed by atoms with Crippen LogP contribution >= 0.6 is 15.9 Å². The van der Waals surface area contributed by atoms with Crippen LogP contribution in [0.25, 0.3) is 0 Å². The Labute approximate surface area is 164 Å². The summed E-state index contributed by atoms with van der Waals surface area (Å²) in [5.41, 5.74) is 0. The van der Waals surface area contributed by atoms with Gasteiger partial charge in [0.2, 0.25) is 15.9 Å². The van der Waals surface area contributed by atoms with Crippen molar-refractivity contribution in [1.29, 1.82) is 0 Å². The first kappa shape index (κ1) is 19.8. The monoisotopic (exact) mass is 442 g/mol. The Balaban J connectivity index is 1.64. The standard InChI is InChI=1S/C19H27BrN2O3S/c20-16-9-11-18(12-10-16)26(24,25)22-13-5-6-15(14-22)19(23)21-17-7-3-1-2-4-8-17/h9-12,15,17H,1-8,13-14H2,(H,21,23)/t15-/m1/s1. The highest BCUT2D eigenvalue weighted by molar-refractivity contribution is 9.10. The molecule has 144 valence electrons. The highest BCUT2D eigenvalue weighted by Crippen LogP contribution is 2.25. The Hall–Kier alpha value is -0.920. The summed E-state index contributed by atoms with van der Waals surface area (Å²) >= 11 is 3.33. The van der Waals surface area contributed by atoms with E-state index in [4.69, 9.17) is 0 Å². The molecule has 2 fully saturated rings. The lowest BCUT2D eigenvalue weighted by molar-refractivity contribution is -0.126. The number of rotatable bonds is 4. The number of benzene rings is 1. The molecule has 1 aromatic rings. The van der Waals surface area contributed by atoms with Crippen molar-refractivity contribution < 1.29 is 13.2 Å². The summed E-state index contributed by atoms with van der Waals surface area (Å²) in [6.07, 6.45) is 8.38. The first-order valence-electron chi connectivity index (χ1n) is 9.53. The largest absolute Gasteiger partial charge is 0.353 e. The SMILES string of the molecule is O=C(NC1CCCCCC1)[C@@H]1CCCN(S(=O)(=O)c2ccc(Br)cc2)C1. The summed E-state index contributed by atoms with van der Waals surface area (Å²) in [6.45, 7) is 0.753. The van der Waals surface area contributed by atoms with Gasteiger partial charge in [0.1, 0.15) is 0 Å². The van der Waals surface area contributed by atoms with E-state index in [9.17, 15) is 13.2 Å². The number of halogens is 1. The summed E-state index contributed by atoms with van der Waals surface area (Å²) < 4.78 is 28.1. The molecular formula is C19H27BrN2O3S. The minimum atomic E-state index is -3.55. The maximum atomic E-state index is 12.9. The van der Waals surface area contributed by atoms with Crippen molar-refractivity contribution in [3.63, 3.8) is 0 Å². The molecule has 1 atom stereocenters. The van der Waals surface area contributed by atoms with Crippen LogP contribution in [-0.2, 0) is 14.8 Å². The second kappa shape index (κ2) is 8.85. The van der Waals surface area contributed by atoms with Crippen LogP contribution in [0.4, 0.5) is 0 Å². The van der Waals surface area contributed by atoms with Gasteiger partial charge >= 0.3 is 0 Å². The molecule has 0 unspecified atom stereocenters. The normalized spacial score (nSPS) is 23.3. The van der Waals surface area contributed by atoms with Crippen LogP contribution in [0.15, 0.2) is 33.6 Å². The van der Waals surface area contributed by atoms with Crippen molar-refractivity contribution in [3.05, 3.63) is 28.7 Å². The number of sulfonamides is 1. The molecule has 26 heavy (non-hydrogen) atoms. The van der Waals surface area contributed by atoms with Crippen molar-refractivity contribution in [1.82, 2.24) is 9.62 Å². The van der Waals surface area contributed by atoms with Gasteiger partial charge in [0.15, 0.2) is 0 Å². The fourth-order valence-corrected chi connectivity index (χ4v) is 5.66. The number of amides is 1. The molecule has 1 aliphatic heterocycles. The van der Waals surface area contributed by atoms with E-state index in [0.717, 1.165) is 30.2 Å². The molecule has 1 aliphatic carbocycles. The van der Waals surface area contributed by atoms with E-state index < -0.39 is 10.0 Å². The third-order valence-corrected chi connectivity index (χ3v) is 7.82. The van der Waals surface area contributed by atoms with Gasteiger partial charge < -0.3 is 5.32 Å². The van der Waals surface area contributed by atoms with Crippen LogP contribution in [0.2, 0.25) is 0 Å². The molecule has 5 nitrogen and oxygen atoms in total. The fourth-order valence-electron chi connectivity index (χ4n) is 3.87. The lowest BCUT2D eigenvalue weighted by atomic mass is 9.97. The zero-order valence-corrected chi connectivity index (χ0v) is 17.4. The fraction of sp³-hybridized carbons (Fsp3) is 0.632. The van der Waals surface area contributed by atoms with E-state index in [1.54, 1.807) is 24.3 Å². The number of nitrogens with one attached hydrogen (secondary N) is 1. The minimum Gasteiger partial charge on any atom is -0.353 e. The number of carbonyl (C=O) groups is 1. The van der Waals surface area contributed by atoms with Crippen LogP contribution in [-0.4, -0.2) is 37.8 Å². The van der Waals surface area contributed by atoms with E-state index in [2.05, 4.69) is 21.2 Å². The smallest absolute Gasteiger partial charge is 0.243 e. The van der Waals surface area contributed by atoms with E-state index in [-0.39, 0.29) is 29.3 Å². The molecule has 1 saturated heterocycles. The molecular weight excluding hydrogens is 416 g/mol. The highest BCUT2D eigenvalue weighted by atomic mass is 79.9. The topological polar surface area (TPSA) is 66.5 Å². The van der Waals surface area contributed by atoms with Crippen LogP contribution < -0.4 is 5.32 Å². The molecule has 0 aromatic heterocycles. The number of piperidine rings is 1. The minimum absolute atomic E-state index is 0.0209. The molecule has 1 heterocycles. The highest BCUT2D eigenvalue weighted by Gasteiger charge is 2.33. The average molecular weight is 443 g/mol. The summed E-state index contributed by atoms with van der Waals surface area (Å²) in [6, 6.07) is 6.92. The van der Waals surface area contributed by atoms with Gasteiger partial charge in [0, 0.05) is 23.6 Å². The van der Waals surface area contributed by atoms with Crippen molar-refractivity contribution in [2.45, 2.75) is 62.3 Å². The van der Waals surface area contributed by atoms with Gasteiger partial charge in [0.25, 0.3) is 0 Å². The van der Waals surface area contributed by atoms with Crippen molar-refractivity contribution in [2.24, 2.45) is 5.92 Å². The molecule has 0 bridgehead atoms. The summed E-state index contributed by atoms with van der Waals surface area (Å²) in [5, 5.41) is 3.18. The molecule has 1 aromatic carbocycles. The zero-order valence-electron chi connectivity index (χ0n) is 15.0. The lowest BCUT2D eigenvalue weighted by Gasteiger charge is -2.32. The molecule has 7 heteroatoms. The second-order valence-corrected chi connectivity index (χ2v) is 10.2. The Bertz CT molecular complexity index is 713. The molecule has 0 spiro atoms.